The fourth-order valence-electron chi connectivity index (χ4n) is 1.76. The van der Waals surface area contributed by atoms with Crippen LogP contribution in [0.2, 0.25) is 10.0 Å². The lowest BCUT2D eigenvalue weighted by molar-refractivity contribution is -0.383. The molecule has 0 aliphatic carbocycles. The van der Waals surface area contributed by atoms with E-state index in [-0.39, 0.29) is 26.3 Å². The van der Waals surface area contributed by atoms with Crippen LogP contribution in [0.15, 0.2) is 41.3 Å². The molecular weight excluding hydrogens is 351 g/mol. The average Bonchev–Trinajstić information content (AvgIpc) is 2.43. The molecule has 0 spiro atoms. The van der Waals surface area contributed by atoms with Gasteiger partial charge in [0.15, 0.2) is 0 Å². The Bertz CT molecular complexity index is 853. The molecule has 2 aromatic rings. The van der Waals surface area contributed by atoms with Gasteiger partial charge in [-0.3, -0.25) is 14.8 Å². The van der Waals surface area contributed by atoms with Crippen molar-refractivity contribution < 1.29 is 13.3 Å². The summed E-state index contributed by atoms with van der Waals surface area (Å²) in [7, 11) is -4.11. The minimum atomic E-state index is -4.11. The summed E-state index contributed by atoms with van der Waals surface area (Å²) in [6.45, 7) is 1.67. The van der Waals surface area contributed by atoms with Crippen molar-refractivity contribution in [2.75, 3.05) is 4.72 Å². The Balaban J connectivity index is 2.50. The second kappa shape index (κ2) is 6.12. The first-order valence-electron chi connectivity index (χ1n) is 5.93. The van der Waals surface area contributed by atoms with Crippen molar-refractivity contribution in [2.45, 2.75) is 11.8 Å². The fourth-order valence-corrected chi connectivity index (χ4v) is 3.60. The predicted molar refractivity (Wildman–Crippen MR) is 85.1 cm³/mol. The molecule has 0 atom stereocenters. The number of aryl methyl sites for hydroxylation is 1. The van der Waals surface area contributed by atoms with E-state index < -0.39 is 14.9 Å². The minimum Gasteiger partial charge on any atom is -0.273 e. The zero-order valence-corrected chi connectivity index (χ0v) is 13.5. The van der Waals surface area contributed by atoms with Gasteiger partial charge in [0, 0.05) is 11.1 Å². The van der Waals surface area contributed by atoms with Crippen molar-refractivity contribution in [2.24, 2.45) is 0 Å². The van der Waals surface area contributed by atoms with Gasteiger partial charge < -0.3 is 0 Å². The number of nitrogens with zero attached hydrogens (tertiary/aromatic N) is 1. The van der Waals surface area contributed by atoms with E-state index >= 15 is 0 Å². The maximum absolute atomic E-state index is 12.4. The van der Waals surface area contributed by atoms with E-state index in [9.17, 15) is 18.5 Å². The lowest BCUT2D eigenvalue weighted by atomic mass is 10.2. The molecule has 1 N–H and O–H groups in total. The van der Waals surface area contributed by atoms with Crippen molar-refractivity contribution >= 4 is 44.6 Å². The second-order valence-electron chi connectivity index (χ2n) is 4.46. The van der Waals surface area contributed by atoms with E-state index in [4.69, 9.17) is 23.2 Å². The van der Waals surface area contributed by atoms with E-state index in [0.717, 1.165) is 0 Å². The SMILES string of the molecule is Cc1ccc(NS(=O)(=O)c2cc(Cl)ccc2Cl)c([N+](=O)[O-])c1. The minimum absolute atomic E-state index is 0.0355. The highest BCUT2D eigenvalue weighted by Crippen LogP contribution is 2.30. The van der Waals surface area contributed by atoms with E-state index in [2.05, 4.69) is 4.72 Å². The summed E-state index contributed by atoms with van der Waals surface area (Å²) in [5.41, 5.74) is 0.142. The number of hydrogen-bond acceptors (Lipinski definition) is 4. The molecule has 0 saturated heterocycles. The molecule has 0 saturated carbocycles. The Hall–Kier alpha value is -1.83. The van der Waals surface area contributed by atoms with Gasteiger partial charge in [0.05, 0.1) is 9.95 Å². The topological polar surface area (TPSA) is 89.3 Å². The van der Waals surface area contributed by atoms with Crippen molar-refractivity contribution in [1.82, 2.24) is 0 Å². The monoisotopic (exact) mass is 360 g/mol. The third kappa shape index (κ3) is 3.49. The van der Waals surface area contributed by atoms with Crippen LogP contribution in [0.3, 0.4) is 0 Å². The lowest BCUT2D eigenvalue weighted by Gasteiger charge is -2.10. The van der Waals surface area contributed by atoms with Gasteiger partial charge in [-0.15, -0.1) is 0 Å². The first-order chi connectivity index (χ1) is 10.2. The number of nitrogens with one attached hydrogen (secondary N) is 1. The number of rotatable bonds is 4. The van der Waals surface area contributed by atoms with Crippen LogP contribution in [0.25, 0.3) is 0 Å². The quantitative estimate of drug-likeness (QED) is 0.658. The molecule has 0 aromatic heterocycles. The molecule has 0 amide bonds. The first kappa shape index (κ1) is 16.5. The average molecular weight is 361 g/mol. The Morgan fingerprint density at radius 3 is 2.45 bits per heavy atom. The van der Waals surface area contributed by atoms with Crippen LogP contribution in [0.4, 0.5) is 11.4 Å². The van der Waals surface area contributed by atoms with Crippen LogP contribution in [-0.2, 0) is 10.0 Å². The van der Waals surface area contributed by atoms with Gasteiger partial charge in [-0.05, 0) is 36.8 Å². The molecule has 0 fully saturated rings. The number of nitro benzene ring substituents is 1. The third-order valence-corrected chi connectivity index (χ3v) is 4.86. The molecule has 9 heteroatoms. The smallest absolute Gasteiger partial charge is 0.273 e. The molecule has 0 unspecified atom stereocenters. The molecule has 0 aliphatic heterocycles. The molecule has 6 nitrogen and oxygen atoms in total. The van der Waals surface area contributed by atoms with Gasteiger partial charge in [0.1, 0.15) is 10.6 Å². The number of sulfonamides is 1. The van der Waals surface area contributed by atoms with Gasteiger partial charge in [-0.2, -0.15) is 0 Å². The highest BCUT2D eigenvalue weighted by molar-refractivity contribution is 7.92. The number of nitro groups is 1. The van der Waals surface area contributed by atoms with Crippen LogP contribution >= 0.6 is 23.2 Å². The molecule has 116 valence electrons. The van der Waals surface area contributed by atoms with E-state index in [0.29, 0.717) is 5.56 Å². The lowest BCUT2D eigenvalue weighted by Crippen LogP contribution is -2.14. The van der Waals surface area contributed by atoms with Crippen LogP contribution in [0, 0.1) is 17.0 Å². The standard InChI is InChI=1S/C13H10Cl2N2O4S/c1-8-2-5-11(12(6-8)17(18)19)16-22(20,21)13-7-9(14)3-4-10(13)15/h2-7,16H,1H3. The number of anilines is 1. The zero-order chi connectivity index (χ0) is 16.5. The molecule has 0 aliphatic rings. The van der Waals surface area contributed by atoms with Crippen molar-refractivity contribution in [3.05, 3.63) is 62.1 Å². The molecular formula is C13H10Cl2N2O4S. The molecule has 0 heterocycles. The number of halogens is 2. The van der Waals surface area contributed by atoms with Crippen molar-refractivity contribution in [3.63, 3.8) is 0 Å². The number of hydrogen-bond donors (Lipinski definition) is 1. The predicted octanol–water partition coefficient (Wildman–Crippen LogP) is 4.01. The van der Waals surface area contributed by atoms with Crippen LogP contribution in [0.5, 0.6) is 0 Å². The van der Waals surface area contributed by atoms with E-state index in [1.807, 2.05) is 0 Å². The summed E-state index contributed by atoms with van der Waals surface area (Å²) in [6, 6.07) is 8.11. The summed E-state index contributed by atoms with van der Waals surface area (Å²) >= 11 is 11.6. The van der Waals surface area contributed by atoms with Gasteiger partial charge in [0.25, 0.3) is 15.7 Å². The summed E-state index contributed by atoms with van der Waals surface area (Å²) in [5.74, 6) is 0. The largest absolute Gasteiger partial charge is 0.293 e. The molecule has 0 bridgehead atoms. The summed E-state index contributed by atoms with van der Waals surface area (Å²) in [4.78, 5) is 10.1. The Morgan fingerprint density at radius 1 is 1.14 bits per heavy atom. The maximum atomic E-state index is 12.4. The normalized spacial score (nSPS) is 11.2. The Kier molecular flexibility index (Phi) is 4.60. The number of benzene rings is 2. The fraction of sp³-hybridized carbons (Fsp3) is 0.0769. The van der Waals surface area contributed by atoms with E-state index in [1.54, 1.807) is 13.0 Å². The summed E-state index contributed by atoms with van der Waals surface area (Å²) < 4.78 is 26.9. The third-order valence-electron chi connectivity index (χ3n) is 2.78. The van der Waals surface area contributed by atoms with Gasteiger partial charge in [-0.25, -0.2) is 8.42 Å². The van der Waals surface area contributed by atoms with Crippen LogP contribution in [-0.4, -0.2) is 13.3 Å². The maximum Gasteiger partial charge on any atom is 0.293 e. The van der Waals surface area contributed by atoms with Crippen molar-refractivity contribution in [1.29, 1.82) is 0 Å². The van der Waals surface area contributed by atoms with Gasteiger partial charge >= 0.3 is 0 Å². The Morgan fingerprint density at radius 2 is 1.82 bits per heavy atom. The first-order valence-corrected chi connectivity index (χ1v) is 8.17. The summed E-state index contributed by atoms with van der Waals surface area (Å²) in [5, 5.41) is 11.2. The highest BCUT2D eigenvalue weighted by atomic mass is 35.5. The second-order valence-corrected chi connectivity index (χ2v) is 6.95. The van der Waals surface area contributed by atoms with Gasteiger partial charge in [-0.1, -0.05) is 29.3 Å². The molecule has 0 radical (unpaired) electrons. The van der Waals surface area contributed by atoms with Crippen LogP contribution in [0.1, 0.15) is 5.56 Å². The van der Waals surface area contributed by atoms with E-state index in [1.165, 1.54) is 30.3 Å². The van der Waals surface area contributed by atoms with Crippen LogP contribution < -0.4 is 4.72 Å². The van der Waals surface area contributed by atoms with Crippen molar-refractivity contribution in [3.8, 4) is 0 Å². The molecule has 2 aromatic carbocycles. The van der Waals surface area contributed by atoms with Gasteiger partial charge in [0.2, 0.25) is 0 Å². The molecule has 22 heavy (non-hydrogen) atoms. The highest BCUT2D eigenvalue weighted by Gasteiger charge is 2.23. The Labute approximate surface area is 136 Å². The summed E-state index contributed by atoms with van der Waals surface area (Å²) in [6.07, 6.45) is 0. The zero-order valence-electron chi connectivity index (χ0n) is 11.2. The molecule has 2 rings (SSSR count).